The summed E-state index contributed by atoms with van der Waals surface area (Å²) in [4.78, 5) is 2.70. The molecule has 0 radical (unpaired) electrons. The van der Waals surface area contributed by atoms with Gasteiger partial charge in [0.1, 0.15) is 0 Å². The SMILES string of the molecule is Cc1ccc(S(=O)(=O)N[C@@H](C)c2ccc(N3CCCCC3)cc2)cc1. The Morgan fingerprint density at radius 1 is 0.920 bits per heavy atom. The second-order valence-electron chi connectivity index (χ2n) is 6.80. The molecule has 2 aromatic carbocycles. The van der Waals surface area contributed by atoms with E-state index >= 15 is 0 Å². The first-order valence-electron chi connectivity index (χ1n) is 8.90. The van der Waals surface area contributed by atoms with Gasteiger partial charge in [0.2, 0.25) is 10.0 Å². The molecule has 0 aliphatic carbocycles. The average Bonchev–Trinajstić information content (AvgIpc) is 2.62. The molecule has 0 saturated carbocycles. The molecule has 5 heteroatoms. The van der Waals surface area contributed by atoms with Gasteiger partial charge in [-0.25, -0.2) is 13.1 Å². The van der Waals surface area contributed by atoms with Crippen LogP contribution in [-0.2, 0) is 10.0 Å². The standard InChI is InChI=1S/C20H26N2O2S/c1-16-6-12-20(13-7-16)25(23,24)21-17(2)18-8-10-19(11-9-18)22-14-4-3-5-15-22/h6-13,17,21H,3-5,14-15H2,1-2H3/t17-/m0/s1. The fraction of sp³-hybridized carbons (Fsp3) is 0.400. The smallest absolute Gasteiger partial charge is 0.241 e. The van der Waals surface area contributed by atoms with Crippen molar-refractivity contribution in [3.05, 3.63) is 59.7 Å². The van der Waals surface area contributed by atoms with E-state index in [1.54, 1.807) is 12.1 Å². The van der Waals surface area contributed by atoms with Crippen molar-refractivity contribution in [3.8, 4) is 0 Å². The van der Waals surface area contributed by atoms with Gasteiger partial charge in [-0.15, -0.1) is 0 Å². The maximum atomic E-state index is 12.5. The molecule has 1 N–H and O–H groups in total. The summed E-state index contributed by atoms with van der Waals surface area (Å²) in [6.07, 6.45) is 3.80. The third kappa shape index (κ3) is 4.41. The highest BCUT2D eigenvalue weighted by atomic mass is 32.2. The van der Waals surface area contributed by atoms with E-state index in [9.17, 15) is 8.42 Å². The van der Waals surface area contributed by atoms with E-state index in [0.29, 0.717) is 4.90 Å². The van der Waals surface area contributed by atoms with Crippen molar-refractivity contribution in [1.82, 2.24) is 4.72 Å². The Labute approximate surface area is 150 Å². The molecule has 4 nitrogen and oxygen atoms in total. The summed E-state index contributed by atoms with van der Waals surface area (Å²) in [6.45, 7) is 6.03. The van der Waals surface area contributed by atoms with E-state index in [-0.39, 0.29) is 6.04 Å². The van der Waals surface area contributed by atoms with Gasteiger partial charge in [-0.3, -0.25) is 0 Å². The van der Waals surface area contributed by atoms with E-state index in [4.69, 9.17) is 0 Å². The fourth-order valence-corrected chi connectivity index (χ4v) is 4.44. The predicted molar refractivity (Wildman–Crippen MR) is 102 cm³/mol. The topological polar surface area (TPSA) is 49.4 Å². The zero-order valence-corrected chi connectivity index (χ0v) is 15.7. The maximum absolute atomic E-state index is 12.5. The normalized spacial score (nSPS) is 16.6. The van der Waals surface area contributed by atoms with Crippen LogP contribution in [0.15, 0.2) is 53.4 Å². The third-order valence-electron chi connectivity index (χ3n) is 4.78. The van der Waals surface area contributed by atoms with Crippen LogP contribution in [0.4, 0.5) is 5.69 Å². The number of hydrogen-bond donors (Lipinski definition) is 1. The third-order valence-corrected chi connectivity index (χ3v) is 6.33. The Bertz CT molecular complexity index is 793. The minimum atomic E-state index is -3.52. The number of piperidine rings is 1. The van der Waals surface area contributed by atoms with Crippen molar-refractivity contribution >= 4 is 15.7 Å². The van der Waals surface area contributed by atoms with E-state index in [2.05, 4.69) is 21.8 Å². The molecule has 0 amide bonds. The van der Waals surface area contributed by atoms with Crippen LogP contribution in [0.1, 0.15) is 43.4 Å². The number of nitrogens with zero attached hydrogens (tertiary/aromatic N) is 1. The molecule has 3 rings (SSSR count). The first kappa shape index (κ1) is 18.0. The van der Waals surface area contributed by atoms with E-state index in [0.717, 1.165) is 24.2 Å². The van der Waals surface area contributed by atoms with Crippen molar-refractivity contribution in [3.63, 3.8) is 0 Å². The molecule has 1 atom stereocenters. The summed E-state index contributed by atoms with van der Waals surface area (Å²) < 4.78 is 27.8. The summed E-state index contributed by atoms with van der Waals surface area (Å²) in [6, 6.07) is 14.9. The number of hydrogen-bond acceptors (Lipinski definition) is 3. The minimum absolute atomic E-state index is 0.276. The Morgan fingerprint density at radius 3 is 2.12 bits per heavy atom. The van der Waals surface area contributed by atoms with E-state index < -0.39 is 10.0 Å². The van der Waals surface area contributed by atoms with Crippen LogP contribution in [0.25, 0.3) is 0 Å². The fourth-order valence-electron chi connectivity index (χ4n) is 3.21. The van der Waals surface area contributed by atoms with Gasteiger partial charge in [0.15, 0.2) is 0 Å². The number of rotatable bonds is 5. The van der Waals surface area contributed by atoms with Gasteiger partial charge in [-0.05, 0) is 62.9 Å². The van der Waals surface area contributed by atoms with Crippen molar-refractivity contribution in [2.75, 3.05) is 18.0 Å². The number of benzene rings is 2. The molecule has 0 aromatic heterocycles. The first-order chi connectivity index (χ1) is 12.0. The molecule has 0 spiro atoms. The van der Waals surface area contributed by atoms with Gasteiger partial charge in [0.25, 0.3) is 0 Å². The van der Waals surface area contributed by atoms with Crippen molar-refractivity contribution < 1.29 is 8.42 Å². The van der Waals surface area contributed by atoms with Gasteiger partial charge < -0.3 is 4.90 Å². The summed E-state index contributed by atoms with van der Waals surface area (Å²) in [5.41, 5.74) is 3.23. The number of anilines is 1. The van der Waals surface area contributed by atoms with Crippen LogP contribution < -0.4 is 9.62 Å². The van der Waals surface area contributed by atoms with Crippen LogP contribution in [0.2, 0.25) is 0 Å². The molecule has 0 bridgehead atoms. The van der Waals surface area contributed by atoms with Crippen molar-refractivity contribution in [2.45, 2.75) is 44.0 Å². The lowest BCUT2D eigenvalue weighted by molar-refractivity contribution is 0.566. The maximum Gasteiger partial charge on any atom is 0.241 e. The Kier molecular flexibility index (Phi) is 5.45. The zero-order chi connectivity index (χ0) is 17.9. The minimum Gasteiger partial charge on any atom is -0.372 e. The van der Waals surface area contributed by atoms with Crippen LogP contribution in [0.5, 0.6) is 0 Å². The van der Waals surface area contributed by atoms with Crippen LogP contribution >= 0.6 is 0 Å². The molecule has 1 heterocycles. The Morgan fingerprint density at radius 2 is 1.52 bits per heavy atom. The van der Waals surface area contributed by atoms with Crippen LogP contribution in [0.3, 0.4) is 0 Å². The second-order valence-corrected chi connectivity index (χ2v) is 8.51. The lowest BCUT2D eigenvalue weighted by Gasteiger charge is -2.29. The Balaban J connectivity index is 1.70. The number of nitrogens with one attached hydrogen (secondary N) is 1. The second kappa shape index (κ2) is 7.58. The molecule has 1 fully saturated rings. The van der Waals surface area contributed by atoms with E-state index in [1.807, 2.05) is 38.1 Å². The van der Waals surface area contributed by atoms with Crippen LogP contribution in [0, 0.1) is 6.92 Å². The van der Waals surface area contributed by atoms with Gasteiger partial charge >= 0.3 is 0 Å². The molecule has 0 unspecified atom stereocenters. The molecular weight excluding hydrogens is 332 g/mol. The largest absolute Gasteiger partial charge is 0.372 e. The molecule has 25 heavy (non-hydrogen) atoms. The highest BCUT2D eigenvalue weighted by molar-refractivity contribution is 7.89. The summed E-state index contributed by atoms with van der Waals surface area (Å²) >= 11 is 0. The lowest BCUT2D eigenvalue weighted by Crippen LogP contribution is -2.29. The van der Waals surface area contributed by atoms with Crippen molar-refractivity contribution in [2.24, 2.45) is 0 Å². The van der Waals surface area contributed by atoms with Crippen LogP contribution in [-0.4, -0.2) is 21.5 Å². The van der Waals surface area contributed by atoms with Crippen molar-refractivity contribution in [1.29, 1.82) is 0 Å². The van der Waals surface area contributed by atoms with Gasteiger partial charge in [0.05, 0.1) is 4.90 Å². The summed E-state index contributed by atoms with van der Waals surface area (Å²) in [7, 11) is -3.52. The lowest BCUT2D eigenvalue weighted by atomic mass is 10.1. The zero-order valence-electron chi connectivity index (χ0n) is 14.9. The number of aryl methyl sites for hydroxylation is 1. The highest BCUT2D eigenvalue weighted by Crippen LogP contribution is 2.23. The molecule has 1 saturated heterocycles. The quantitative estimate of drug-likeness (QED) is 0.878. The Hall–Kier alpha value is -1.85. The molecule has 2 aromatic rings. The van der Waals surface area contributed by atoms with Gasteiger partial charge in [-0.2, -0.15) is 0 Å². The van der Waals surface area contributed by atoms with Gasteiger partial charge in [0, 0.05) is 24.8 Å². The first-order valence-corrected chi connectivity index (χ1v) is 10.4. The molecule has 134 valence electrons. The molecule has 1 aliphatic rings. The monoisotopic (exact) mass is 358 g/mol. The summed E-state index contributed by atoms with van der Waals surface area (Å²) in [5, 5.41) is 0. The highest BCUT2D eigenvalue weighted by Gasteiger charge is 2.18. The van der Waals surface area contributed by atoms with Gasteiger partial charge in [-0.1, -0.05) is 29.8 Å². The molecule has 1 aliphatic heterocycles. The van der Waals surface area contributed by atoms with E-state index in [1.165, 1.54) is 24.9 Å². The molecular formula is C20H26N2O2S. The number of sulfonamides is 1. The predicted octanol–water partition coefficient (Wildman–Crippen LogP) is 4.02. The summed E-state index contributed by atoms with van der Waals surface area (Å²) in [5.74, 6) is 0. The average molecular weight is 359 g/mol.